The van der Waals surface area contributed by atoms with Gasteiger partial charge in [0.2, 0.25) is 10.0 Å². The fourth-order valence-electron chi connectivity index (χ4n) is 2.27. The number of guanidine groups is 1. The number of nitrogens with two attached hydrogens (primary N) is 1. The molecule has 9 heteroatoms. The highest BCUT2D eigenvalue weighted by Gasteiger charge is 2.12. The van der Waals surface area contributed by atoms with E-state index in [1.165, 1.54) is 19.2 Å². The molecule has 2 rings (SSSR count). The number of hydrogen-bond acceptors (Lipinski definition) is 3. The van der Waals surface area contributed by atoms with Crippen molar-refractivity contribution >= 4 is 39.2 Å². The SMILES string of the molecule is CNS(=O)(=O)c1ccc(CN=C(N)NC(C)c2ccc(Cl)cc2Cl)cc1. The van der Waals surface area contributed by atoms with Gasteiger partial charge >= 0.3 is 0 Å². The Bertz CT molecular complexity index is 899. The van der Waals surface area contributed by atoms with Crippen LogP contribution in [0, 0.1) is 0 Å². The van der Waals surface area contributed by atoms with Crippen LogP contribution in [0.25, 0.3) is 0 Å². The summed E-state index contributed by atoms with van der Waals surface area (Å²) in [6.07, 6.45) is 0. The second-order valence-corrected chi connectivity index (χ2v) is 8.32. The van der Waals surface area contributed by atoms with Crippen LogP contribution in [-0.4, -0.2) is 21.4 Å². The molecule has 2 aromatic rings. The smallest absolute Gasteiger partial charge is 0.240 e. The lowest BCUT2D eigenvalue weighted by molar-refractivity contribution is 0.588. The van der Waals surface area contributed by atoms with Gasteiger partial charge in [-0.2, -0.15) is 0 Å². The van der Waals surface area contributed by atoms with Gasteiger partial charge in [-0.15, -0.1) is 0 Å². The third kappa shape index (κ3) is 5.35. The van der Waals surface area contributed by atoms with E-state index in [0.717, 1.165) is 11.1 Å². The molecule has 26 heavy (non-hydrogen) atoms. The van der Waals surface area contributed by atoms with Crippen LogP contribution in [0.2, 0.25) is 10.0 Å². The van der Waals surface area contributed by atoms with Crippen LogP contribution in [0.3, 0.4) is 0 Å². The van der Waals surface area contributed by atoms with Gasteiger partial charge in [-0.05, 0) is 49.4 Å². The largest absolute Gasteiger partial charge is 0.370 e. The summed E-state index contributed by atoms with van der Waals surface area (Å²) < 4.78 is 25.7. The van der Waals surface area contributed by atoms with Gasteiger partial charge in [-0.3, -0.25) is 0 Å². The summed E-state index contributed by atoms with van der Waals surface area (Å²) in [7, 11) is -2.08. The van der Waals surface area contributed by atoms with Gasteiger partial charge < -0.3 is 11.1 Å². The number of hydrogen-bond donors (Lipinski definition) is 3. The average molecular weight is 415 g/mol. The lowest BCUT2D eigenvalue weighted by atomic mass is 10.1. The fraction of sp³-hybridized carbons (Fsp3) is 0.235. The van der Waals surface area contributed by atoms with Crippen LogP contribution in [0.4, 0.5) is 0 Å². The first kappa shape index (κ1) is 20.5. The molecule has 0 fully saturated rings. The molecular formula is C17H20Cl2N4O2S. The van der Waals surface area contributed by atoms with Gasteiger partial charge in [0.25, 0.3) is 0 Å². The zero-order valence-electron chi connectivity index (χ0n) is 14.3. The van der Waals surface area contributed by atoms with Crippen molar-refractivity contribution in [2.24, 2.45) is 10.7 Å². The molecule has 0 aliphatic heterocycles. The molecule has 6 nitrogen and oxygen atoms in total. The van der Waals surface area contributed by atoms with Crippen molar-refractivity contribution in [3.8, 4) is 0 Å². The molecule has 0 aliphatic rings. The Morgan fingerprint density at radius 3 is 2.42 bits per heavy atom. The van der Waals surface area contributed by atoms with E-state index >= 15 is 0 Å². The number of rotatable bonds is 6. The van der Waals surface area contributed by atoms with E-state index in [9.17, 15) is 8.42 Å². The molecular weight excluding hydrogens is 395 g/mol. The molecule has 140 valence electrons. The maximum absolute atomic E-state index is 11.7. The number of aliphatic imine (C=N–C) groups is 1. The normalized spacial score (nSPS) is 13.5. The average Bonchev–Trinajstić information content (AvgIpc) is 2.60. The van der Waals surface area contributed by atoms with Crippen molar-refractivity contribution in [3.05, 3.63) is 63.6 Å². The van der Waals surface area contributed by atoms with E-state index in [0.29, 0.717) is 16.6 Å². The quantitative estimate of drug-likeness (QED) is 0.499. The Morgan fingerprint density at radius 2 is 1.85 bits per heavy atom. The number of sulfonamides is 1. The maximum Gasteiger partial charge on any atom is 0.240 e. The Labute approximate surface area is 163 Å². The third-order valence-corrected chi connectivity index (χ3v) is 5.72. The molecule has 1 atom stereocenters. The second-order valence-electron chi connectivity index (χ2n) is 5.58. The van der Waals surface area contributed by atoms with Crippen molar-refractivity contribution in [2.45, 2.75) is 24.4 Å². The molecule has 0 aliphatic carbocycles. The number of nitrogens with one attached hydrogen (secondary N) is 2. The van der Waals surface area contributed by atoms with Gasteiger partial charge in [0.1, 0.15) is 0 Å². The minimum absolute atomic E-state index is 0.147. The number of nitrogens with zero attached hydrogens (tertiary/aromatic N) is 1. The molecule has 0 saturated heterocycles. The van der Waals surface area contributed by atoms with Crippen LogP contribution in [0.1, 0.15) is 24.1 Å². The Hall–Kier alpha value is -1.80. The topological polar surface area (TPSA) is 96.6 Å². The van der Waals surface area contributed by atoms with E-state index in [1.807, 2.05) is 13.0 Å². The van der Waals surface area contributed by atoms with Gasteiger partial charge in [0.15, 0.2) is 5.96 Å². The highest BCUT2D eigenvalue weighted by Crippen LogP contribution is 2.25. The molecule has 1 unspecified atom stereocenters. The molecule has 0 bridgehead atoms. The number of halogens is 2. The van der Waals surface area contributed by atoms with E-state index in [-0.39, 0.29) is 16.9 Å². The third-order valence-electron chi connectivity index (χ3n) is 3.73. The summed E-state index contributed by atoms with van der Waals surface area (Å²) in [5.41, 5.74) is 7.62. The van der Waals surface area contributed by atoms with Crippen molar-refractivity contribution in [3.63, 3.8) is 0 Å². The molecule has 0 spiro atoms. The van der Waals surface area contributed by atoms with Gasteiger partial charge in [-0.25, -0.2) is 18.1 Å². The van der Waals surface area contributed by atoms with Crippen LogP contribution in [-0.2, 0) is 16.6 Å². The first-order valence-electron chi connectivity index (χ1n) is 7.77. The van der Waals surface area contributed by atoms with Crippen molar-refractivity contribution < 1.29 is 8.42 Å². The summed E-state index contributed by atoms with van der Waals surface area (Å²) in [6.45, 7) is 2.23. The van der Waals surface area contributed by atoms with E-state index in [2.05, 4.69) is 15.0 Å². The highest BCUT2D eigenvalue weighted by molar-refractivity contribution is 7.89. The Morgan fingerprint density at radius 1 is 1.19 bits per heavy atom. The molecule has 0 saturated carbocycles. The van der Waals surface area contributed by atoms with Crippen molar-refractivity contribution in [1.82, 2.24) is 10.0 Å². The lowest BCUT2D eigenvalue weighted by Crippen LogP contribution is -2.34. The first-order valence-corrected chi connectivity index (χ1v) is 10.0. The van der Waals surface area contributed by atoms with E-state index in [4.69, 9.17) is 28.9 Å². The van der Waals surface area contributed by atoms with Gasteiger partial charge in [-0.1, -0.05) is 41.4 Å². The van der Waals surface area contributed by atoms with Crippen LogP contribution in [0.15, 0.2) is 52.4 Å². The summed E-state index contributed by atoms with van der Waals surface area (Å²) in [4.78, 5) is 4.47. The molecule has 0 heterocycles. The zero-order chi connectivity index (χ0) is 19.3. The zero-order valence-corrected chi connectivity index (χ0v) is 16.7. The summed E-state index contributed by atoms with van der Waals surface area (Å²) in [6, 6.07) is 11.6. The van der Waals surface area contributed by atoms with E-state index < -0.39 is 10.0 Å². The molecule has 0 aromatic heterocycles. The van der Waals surface area contributed by atoms with Gasteiger partial charge in [0.05, 0.1) is 17.5 Å². The fourth-order valence-corrected chi connectivity index (χ4v) is 3.57. The predicted octanol–water partition coefficient (Wildman–Crippen LogP) is 3.07. The number of benzene rings is 2. The maximum atomic E-state index is 11.7. The van der Waals surface area contributed by atoms with Crippen molar-refractivity contribution in [2.75, 3.05) is 7.05 Å². The molecule has 0 amide bonds. The highest BCUT2D eigenvalue weighted by atomic mass is 35.5. The second kappa shape index (κ2) is 8.73. The van der Waals surface area contributed by atoms with Crippen LogP contribution < -0.4 is 15.8 Å². The standard InChI is InChI=1S/C17H20Cl2N4O2S/c1-11(15-8-5-13(18)9-16(15)19)23-17(20)22-10-12-3-6-14(7-4-12)26(24,25)21-2/h3-9,11,21H,10H2,1-2H3,(H3,20,22,23). The Balaban J connectivity index is 2.01. The monoisotopic (exact) mass is 414 g/mol. The van der Waals surface area contributed by atoms with Crippen LogP contribution >= 0.6 is 23.2 Å². The van der Waals surface area contributed by atoms with Crippen LogP contribution in [0.5, 0.6) is 0 Å². The van der Waals surface area contributed by atoms with E-state index in [1.54, 1.807) is 24.3 Å². The minimum Gasteiger partial charge on any atom is -0.370 e. The predicted molar refractivity (Wildman–Crippen MR) is 106 cm³/mol. The summed E-state index contributed by atoms with van der Waals surface area (Å²) in [5, 5.41) is 4.18. The molecule has 4 N–H and O–H groups in total. The lowest BCUT2D eigenvalue weighted by Gasteiger charge is -2.16. The Kier molecular flexibility index (Phi) is 6.88. The summed E-state index contributed by atoms with van der Waals surface area (Å²) in [5.74, 6) is 0.260. The van der Waals surface area contributed by atoms with Gasteiger partial charge in [0, 0.05) is 10.0 Å². The summed E-state index contributed by atoms with van der Waals surface area (Å²) >= 11 is 12.1. The molecule has 0 radical (unpaired) electrons. The van der Waals surface area contributed by atoms with Crippen molar-refractivity contribution in [1.29, 1.82) is 0 Å². The first-order chi connectivity index (χ1) is 12.2. The minimum atomic E-state index is -3.44. The molecule has 2 aromatic carbocycles.